The lowest BCUT2D eigenvalue weighted by Crippen LogP contribution is -2.44. The minimum Gasteiger partial charge on any atom is -0.329 e. The molecule has 2 aliphatic heterocycles. The molecule has 0 radical (unpaired) electrons. The van der Waals surface area contributed by atoms with Crippen LogP contribution in [0, 0.1) is 0 Å². The van der Waals surface area contributed by atoms with E-state index in [9.17, 15) is 9.59 Å². The van der Waals surface area contributed by atoms with Gasteiger partial charge in [0.25, 0.3) is 11.8 Å². The number of hydroxylamine groups is 2. The Kier molecular flexibility index (Phi) is 4.24. The fourth-order valence-electron chi connectivity index (χ4n) is 2.58. The largest absolute Gasteiger partial charge is 0.329 e. The van der Waals surface area contributed by atoms with Gasteiger partial charge in [-0.2, -0.15) is 5.10 Å². The normalized spacial score (nSPS) is 17.0. The molecule has 0 unspecified atom stereocenters. The average Bonchev–Trinajstić information content (AvgIpc) is 3.02. The Balaban J connectivity index is 1.77. The van der Waals surface area contributed by atoms with Crippen molar-refractivity contribution in [2.45, 2.75) is 12.8 Å². The Hall–Kier alpha value is -2.48. The van der Waals surface area contributed by atoms with Crippen molar-refractivity contribution < 1.29 is 14.4 Å². The Labute approximate surface area is 134 Å². The van der Waals surface area contributed by atoms with Gasteiger partial charge in [0.15, 0.2) is 0 Å². The molecule has 0 bridgehead atoms. The second-order valence-corrected chi connectivity index (χ2v) is 5.44. The summed E-state index contributed by atoms with van der Waals surface area (Å²) in [6.07, 6.45) is 7.03. The van der Waals surface area contributed by atoms with Crippen LogP contribution < -0.4 is 0 Å². The molecule has 0 saturated carbocycles. The second-order valence-electron chi connectivity index (χ2n) is 5.44. The number of fused-ring (bicyclic) bond motifs is 1. The molecule has 0 N–H and O–H groups in total. The summed E-state index contributed by atoms with van der Waals surface area (Å²) in [5.41, 5.74) is 2.18. The molecule has 8 heteroatoms. The molecule has 0 aromatic carbocycles. The van der Waals surface area contributed by atoms with E-state index in [-0.39, 0.29) is 18.4 Å². The van der Waals surface area contributed by atoms with Crippen molar-refractivity contribution in [2.24, 2.45) is 4.99 Å². The highest BCUT2D eigenvalue weighted by molar-refractivity contribution is 6.03. The maximum atomic E-state index is 12.6. The van der Waals surface area contributed by atoms with Crippen molar-refractivity contribution >= 4 is 23.7 Å². The summed E-state index contributed by atoms with van der Waals surface area (Å²) in [4.78, 5) is 35.1. The van der Waals surface area contributed by atoms with Gasteiger partial charge in [-0.25, -0.2) is 9.75 Å². The Bertz CT molecular complexity index is 691. The summed E-state index contributed by atoms with van der Waals surface area (Å²) in [5, 5.41) is 5.60. The molecule has 3 rings (SSSR count). The second kappa shape index (κ2) is 6.33. The number of likely N-dealkylation sites (N-methyl/N-ethyl adjacent to an activating group) is 1. The van der Waals surface area contributed by atoms with Gasteiger partial charge in [-0.15, -0.1) is 0 Å². The topological polar surface area (TPSA) is 80.0 Å². The van der Waals surface area contributed by atoms with Crippen molar-refractivity contribution in [1.29, 1.82) is 0 Å². The zero-order valence-corrected chi connectivity index (χ0v) is 13.2. The molecule has 0 fully saturated rings. The van der Waals surface area contributed by atoms with E-state index >= 15 is 0 Å². The zero-order chi connectivity index (χ0) is 16.4. The summed E-state index contributed by atoms with van der Waals surface area (Å²) >= 11 is 0. The summed E-state index contributed by atoms with van der Waals surface area (Å²) < 4.78 is 1.69. The fourth-order valence-corrected chi connectivity index (χ4v) is 2.58. The smallest absolute Gasteiger partial charge is 0.265 e. The minimum absolute atomic E-state index is 0.00204. The van der Waals surface area contributed by atoms with E-state index in [1.54, 1.807) is 17.1 Å². The number of aliphatic imine (C=N–C) groups is 1. The van der Waals surface area contributed by atoms with E-state index in [1.165, 1.54) is 19.1 Å². The Morgan fingerprint density at radius 3 is 3.00 bits per heavy atom. The van der Waals surface area contributed by atoms with Gasteiger partial charge in [0.2, 0.25) is 0 Å². The molecule has 122 valence electrons. The first-order chi connectivity index (χ1) is 11.1. The third-order valence-electron chi connectivity index (χ3n) is 3.98. The van der Waals surface area contributed by atoms with Crippen LogP contribution >= 0.6 is 0 Å². The third kappa shape index (κ3) is 3.02. The maximum absolute atomic E-state index is 12.6. The van der Waals surface area contributed by atoms with Gasteiger partial charge in [0.05, 0.1) is 24.1 Å². The summed E-state index contributed by atoms with van der Waals surface area (Å²) in [6.45, 7) is 1.25. The maximum Gasteiger partial charge on any atom is 0.265 e. The molecule has 2 amide bonds. The average molecular weight is 317 g/mol. The number of nitrogens with zero attached hydrogens (tertiary/aromatic N) is 5. The van der Waals surface area contributed by atoms with Crippen LogP contribution in [0.3, 0.4) is 0 Å². The lowest BCUT2D eigenvalue weighted by molar-refractivity contribution is -0.169. The first kappa shape index (κ1) is 15.4. The lowest BCUT2D eigenvalue weighted by atomic mass is 10.1. The third-order valence-corrected chi connectivity index (χ3v) is 3.98. The Morgan fingerprint density at radius 2 is 2.30 bits per heavy atom. The molecule has 0 atom stereocenters. The number of dihydropyridines is 1. The van der Waals surface area contributed by atoms with Crippen LogP contribution in [0.25, 0.3) is 5.70 Å². The van der Waals surface area contributed by atoms with Crippen LogP contribution in [0.15, 0.2) is 17.3 Å². The first-order valence-electron chi connectivity index (χ1n) is 7.49. The van der Waals surface area contributed by atoms with E-state index in [4.69, 9.17) is 4.84 Å². The van der Waals surface area contributed by atoms with Crippen LogP contribution in [0.2, 0.25) is 0 Å². The molecule has 0 aliphatic carbocycles. The van der Waals surface area contributed by atoms with Gasteiger partial charge in [-0.1, -0.05) is 6.08 Å². The van der Waals surface area contributed by atoms with Gasteiger partial charge in [0.1, 0.15) is 6.54 Å². The molecule has 2 aliphatic rings. The molecule has 1 aromatic heterocycles. The van der Waals surface area contributed by atoms with E-state index < -0.39 is 0 Å². The highest BCUT2D eigenvalue weighted by Gasteiger charge is 2.29. The van der Waals surface area contributed by atoms with Crippen molar-refractivity contribution in [3.8, 4) is 0 Å². The number of amides is 2. The van der Waals surface area contributed by atoms with Crippen molar-refractivity contribution in [1.82, 2.24) is 19.7 Å². The highest BCUT2D eigenvalue weighted by Crippen LogP contribution is 2.20. The van der Waals surface area contributed by atoms with E-state index in [2.05, 4.69) is 10.1 Å². The molecule has 8 nitrogen and oxygen atoms in total. The van der Waals surface area contributed by atoms with E-state index in [0.717, 1.165) is 29.4 Å². The SMILES string of the molecule is CON(C)C(=O)CN1CCc2nn(C3=CCCN=C3)cc2C1=O. The number of allylic oxidation sites excluding steroid dienone is 1. The van der Waals surface area contributed by atoms with E-state index in [1.807, 2.05) is 6.08 Å². The number of aromatic nitrogens is 2. The standard InChI is InChI=1S/C15H19N5O3/c1-18(23-2)14(21)10-19-7-5-13-12(15(19)22)9-20(17-13)11-4-3-6-16-8-11/h4,8-9H,3,5-7,10H2,1-2H3. The molecule has 3 heterocycles. The van der Waals surface area contributed by atoms with Crippen LogP contribution in [0.4, 0.5) is 0 Å². The fraction of sp³-hybridized carbons (Fsp3) is 0.467. The summed E-state index contributed by atoms with van der Waals surface area (Å²) in [6, 6.07) is 0. The quantitative estimate of drug-likeness (QED) is 0.744. The predicted molar refractivity (Wildman–Crippen MR) is 83.9 cm³/mol. The number of carbonyl (C=O) groups excluding carboxylic acids is 2. The molecule has 1 aromatic rings. The number of hydrogen-bond donors (Lipinski definition) is 0. The Morgan fingerprint density at radius 1 is 1.48 bits per heavy atom. The number of rotatable bonds is 4. The number of carbonyl (C=O) groups is 2. The highest BCUT2D eigenvalue weighted by atomic mass is 16.7. The van der Waals surface area contributed by atoms with Crippen LogP contribution in [0.1, 0.15) is 22.5 Å². The lowest BCUT2D eigenvalue weighted by Gasteiger charge is -2.26. The zero-order valence-electron chi connectivity index (χ0n) is 13.2. The van der Waals surface area contributed by atoms with Crippen LogP contribution in [-0.4, -0.2) is 71.6 Å². The first-order valence-corrected chi connectivity index (χ1v) is 7.49. The molecule has 0 spiro atoms. The van der Waals surface area contributed by atoms with Gasteiger partial charge >= 0.3 is 0 Å². The molecular formula is C15H19N5O3. The van der Waals surface area contributed by atoms with E-state index in [0.29, 0.717) is 18.5 Å². The van der Waals surface area contributed by atoms with Crippen molar-refractivity contribution in [3.05, 3.63) is 23.5 Å². The predicted octanol–water partition coefficient (Wildman–Crippen LogP) is 0.217. The minimum atomic E-state index is -0.265. The number of hydrogen-bond acceptors (Lipinski definition) is 5. The molecule has 23 heavy (non-hydrogen) atoms. The molecule has 0 saturated heterocycles. The van der Waals surface area contributed by atoms with Crippen LogP contribution in [0.5, 0.6) is 0 Å². The molecular weight excluding hydrogens is 298 g/mol. The van der Waals surface area contributed by atoms with Gasteiger partial charge in [0, 0.05) is 39.0 Å². The van der Waals surface area contributed by atoms with Gasteiger partial charge in [-0.3, -0.25) is 19.4 Å². The van der Waals surface area contributed by atoms with Gasteiger partial charge in [-0.05, 0) is 6.42 Å². The van der Waals surface area contributed by atoms with Gasteiger partial charge < -0.3 is 4.90 Å². The van der Waals surface area contributed by atoms with Crippen molar-refractivity contribution in [3.63, 3.8) is 0 Å². The monoisotopic (exact) mass is 317 g/mol. The summed E-state index contributed by atoms with van der Waals surface area (Å²) in [5.74, 6) is -0.442. The summed E-state index contributed by atoms with van der Waals surface area (Å²) in [7, 11) is 2.94. The van der Waals surface area contributed by atoms with Crippen molar-refractivity contribution in [2.75, 3.05) is 33.8 Å². The van der Waals surface area contributed by atoms with Crippen LogP contribution in [-0.2, 0) is 16.1 Å².